The molecular formula is C28H20F3N5O2. The normalized spacial score (nSPS) is 11.3. The number of aryl methyl sites for hydroxylation is 1. The zero-order valence-corrected chi connectivity index (χ0v) is 20.0. The van der Waals surface area contributed by atoms with Gasteiger partial charge >= 0.3 is 12.2 Å². The highest BCUT2D eigenvalue weighted by atomic mass is 19.4. The lowest BCUT2D eigenvalue weighted by Gasteiger charge is -2.12. The number of carbonyl (C=O) groups excluding carboxylic acids is 1. The third-order valence-electron chi connectivity index (χ3n) is 5.50. The number of amides is 2. The Balaban J connectivity index is 1.29. The zero-order chi connectivity index (χ0) is 26.7. The smallest absolute Gasteiger partial charge is 0.416 e. The van der Waals surface area contributed by atoms with Crippen LogP contribution in [-0.2, 0) is 6.18 Å². The molecule has 0 saturated heterocycles. The lowest BCUT2D eigenvalue weighted by atomic mass is 10.2. The highest BCUT2D eigenvalue weighted by Gasteiger charge is 2.30. The number of nitrogens with zero attached hydrogens (tertiary/aromatic N) is 3. The Labute approximate surface area is 215 Å². The number of rotatable bonds is 5. The van der Waals surface area contributed by atoms with E-state index in [0.29, 0.717) is 33.9 Å². The van der Waals surface area contributed by atoms with Crippen molar-refractivity contribution in [1.82, 2.24) is 15.0 Å². The highest BCUT2D eigenvalue weighted by Crippen LogP contribution is 2.31. The third-order valence-corrected chi connectivity index (χ3v) is 5.50. The average molecular weight is 515 g/mol. The second-order valence-electron chi connectivity index (χ2n) is 8.38. The molecule has 0 atom stereocenters. The molecule has 190 valence electrons. The van der Waals surface area contributed by atoms with Crippen LogP contribution in [-0.4, -0.2) is 21.0 Å². The van der Waals surface area contributed by atoms with Crippen LogP contribution in [0.3, 0.4) is 0 Å². The Morgan fingerprint density at radius 3 is 2.26 bits per heavy atom. The number of aromatic nitrogens is 3. The Morgan fingerprint density at radius 1 is 0.789 bits per heavy atom. The minimum absolute atomic E-state index is 0.0165. The molecule has 0 aliphatic rings. The first-order valence-corrected chi connectivity index (χ1v) is 11.5. The summed E-state index contributed by atoms with van der Waals surface area (Å²) in [7, 11) is 0. The van der Waals surface area contributed by atoms with Gasteiger partial charge in [-0.15, -0.1) is 0 Å². The molecule has 0 fully saturated rings. The van der Waals surface area contributed by atoms with E-state index >= 15 is 0 Å². The van der Waals surface area contributed by atoms with Crippen LogP contribution in [0.15, 0.2) is 91.3 Å². The number of alkyl halides is 3. The number of benzene rings is 3. The predicted octanol–water partition coefficient (Wildman–Crippen LogP) is 7.46. The number of anilines is 2. The summed E-state index contributed by atoms with van der Waals surface area (Å²) in [6.45, 7) is 1.91. The van der Waals surface area contributed by atoms with E-state index in [4.69, 9.17) is 4.74 Å². The van der Waals surface area contributed by atoms with Gasteiger partial charge in [-0.3, -0.25) is 9.97 Å². The molecule has 0 saturated carbocycles. The predicted molar refractivity (Wildman–Crippen MR) is 138 cm³/mol. The summed E-state index contributed by atoms with van der Waals surface area (Å²) >= 11 is 0. The average Bonchev–Trinajstić information content (AvgIpc) is 2.88. The second kappa shape index (κ2) is 10.2. The van der Waals surface area contributed by atoms with Crippen molar-refractivity contribution in [3.63, 3.8) is 0 Å². The Morgan fingerprint density at radius 2 is 1.53 bits per heavy atom. The molecule has 2 N–H and O–H groups in total. The third kappa shape index (κ3) is 5.86. The van der Waals surface area contributed by atoms with Gasteiger partial charge in [-0.1, -0.05) is 12.1 Å². The van der Waals surface area contributed by atoms with E-state index in [-0.39, 0.29) is 5.69 Å². The fraction of sp³-hybridized carbons (Fsp3) is 0.0714. The maximum Gasteiger partial charge on any atom is 0.416 e. The van der Waals surface area contributed by atoms with Crippen molar-refractivity contribution in [2.24, 2.45) is 0 Å². The maximum absolute atomic E-state index is 12.9. The molecule has 10 heteroatoms. The molecule has 5 aromatic rings. The zero-order valence-electron chi connectivity index (χ0n) is 20.0. The Kier molecular flexibility index (Phi) is 6.61. The Hall–Kier alpha value is -4.99. The molecule has 38 heavy (non-hydrogen) atoms. The summed E-state index contributed by atoms with van der Waals surface area (Å²) in [5.41, 5.74) is 3.32. The minimum atomic E-state index is -4.51. The van der Waals surface area contributed by atoms with E-state index in [1.807, 2.05) is 19.1 Å². The van der Waals surface area contributed by atoms with Gasteiger partial charge in [-0.2, -0.15) is 13.2 Å². The number of pyridine rings is 1. The summed E-state index contributed by atoms with van der Waals surface area (Å²) in [6.07, 6.45) is -1.07. The van der Waals surface area contributed by atoms with E-state index < -0.39 is 17.8 Å². The van der Waals surface area contributed by atoms with Crippen LogP contribution in [0.25, 0.3) is 22.3 Å². The summed E-state index contributed by atoms with van der Waals surface area (Å²) in [6, 6.07) is 19.5. The van der Waals surface area contributed by atoms with Crippen molar-refractivity contribution in [2.75, 3.05) is 10.6 Å². The molecule has 0 bridgehead atoms. The van der Waals surface area contributed by atoms with Gasteiger partial charge in [0, 0.05) is 41.0 Å². The highest BCUT2D eigenvalue weighted by molar-refractivity contribution is 5.99. The SMILES string of the molecule is Cc1ccc(-c2cnc3ccc(Oc4cccc(NC(=O)Nc5cccc(C(F)(F)F)c5)c4)cc3n2)cn1. The number of hydrogen-bond donors (Lipinski definition) is 2. The first kappa shape index (κ1) is 24.7. The molecule has 0 aliphatic carbocycles. The molecule has 0 aliphatic heterocycles. The van der Waals surface area contributed by atoms with Crippen molar-refractivity contribution < 1.29 is 22.7 Å². The number of carbonyl (C=O) groups is 1. The van der Waals surface area contributed by atoms with Crippen LogP contribution in [0.4, 0.5) is 29.3 Å². The van der Waals surface area contributed by atoms with Crippen molar-refractivity contribution in [1.29, 1.82) is 0 Å². The van der Waals surface area contributed by atoms with E-state index in [0.717, 1.165) is 23.4 Å². The lowest BCUT2D eigenvalue weighted by Crippen LogP contribution is -2.19. The van der Waals surface area contributed by atoms with Crippen LogP contribution in [0.5, 0.6) is 11.5 Å². The molecule has 3 aromatic carbocycles. The molecule has 0 spiro atoms. The molecule has 7 nitrogen and oxygen atoms in total. The van der Waals surface area contributed by atoms with Gasteiger partial charge in [0.25, 0.3) is 0 Å². The van der Waals surface area contributed by atoms with Gasteiger partial charge in [0.05, 0.1) is 28.5 Å². The van der Waals surface area contributed by atoms with Crippen LogP contribution in [0.1, 0.15) is 11.3 Å². The number of hydrogen-bond acceptors (Lipinski definition) is 5. The molecule has 0 radical (unpaired) electrons. The van der Waals surface area contributed by atoms with Gasteiger partial charge in [-0.25, -0.2) is 9.78 Å². The van der Waals surface area contributed by atoms with Crippen LogP contribution in [0.2, 0.25) is 0 Å². The summed E-state index contributed by atoms with van der Waals surface area (Å²) < 4.78 is 44.7. The fourth-order valence-corrected chi connectivity index (χ4v) is 3.65. The summed E-state index contributed by atoms with van der Waals surface area (Å²) in [4.78, 5) is 25.8. The lowest BCUT2D eigenvalue weighted by molar-refractivity contribution is -0.137. The molecule has 5 rings (SSSR count). The van der Waals surface area contributed by atoms with Crippen LogP contribution >= 0.6 is 0 Å². The summed E-state index contributed by atoms with van der Waals surface area (Å²) in [5.74, 6) is 0.949. The molecule has 2 aromatic heterocycles. The minimum Gasteiger partial charge on any atom is -0.457 e. The monoisotopic (exact) mass is 515 g/mol. The molecule has 2 amide bonds. The van der Waals surface area contributed by atoms with E-state index in [1.54, 1.807) is 54.9 Å². The number of urea groups is 1. The largest absolute Gasteiger partial charge is 0.457 e. The van der Waals surface area contributed by atoms with Gasteiger partial charge in [-0.05, 0) is 61.5 Å². The van der Waals surface area contributed by atoms with Gasteiger partial charge < -0.3 is 15.4 Å². The summed E-state index contributed by atoms with van der Waals surface area (Å²) in [5, 5.41) is 5.00. The van der Waals surface area contributed by atoms with E-state index in [1.165, 1.54) is 12.1 Å². The van der Waals surface area contributed by atoms with Crippen molar-refractivity contribution in [3.8, 4) is 22.8 Å². The van der Waals surface area contributed by atoms with Gasteiger partial charge in [0.2, 0.25) is 0 Å². The number of fused-ring (bicyclic) bond motifs is 1. The topological polar surface area (TPSA) is 89.0 Å². The number of halogens is 3. The van der Waals surface area contributed by atoms with Crippen molar-refractivity contribution in [2.45, 2.75) is 13.1 Å². The van der Waals surface area contributed by atoms with Crippen molar-refractivity contribution in [3.05, 3.63) is 103 Å². The van der Waals surface area contributed by atoms with Crippen molar-refractivity contribution >= 4 is 28.4 Å². The van der Waals surface area contributed by atoms with Crippen LogP contribution in [0, 0.1) is 6.92 Å². The Bertz CT molecular complexity index is 1620. The van der Waals surface area contributed by atoms with Gasteiger partial charge in [0.1, 0.15) is 11.5 Å². The molecular weight excluding hydrogens is 495 g/mol. The first-order chi connectivity index (χ1) is 18.2. The van der Waals surface area contributed by atoms with E-state index in [9.17, 15) is 18.0 Å². The molecule has 0 unspecified atom stereocenters. The molecule has 2 heterocycles. The second-order valence-corrected chi connectivity index (χ2v) is 8.38. The quantitative estimate of drug-likeness (QED) is 0.254. The number of ether oxygens (including phenoxy) is 1. The first-order valence-electron chi connectivity index (χ1n) is 11.5. The fourth-order valence-electron chi connectivity index (χ4n) is 3.65. The van der Waals surface area contributed by atoms with Crippen LogP contribution < -0.4 is 15.4 Å². The van der Waals surface area contributed by atoms with E-state index in [2.05, 4.69) is 25.6 Å². The maximum atomic E-state index is 12.9. The van der Waals surface area contributed by atoms with Gasteiger partial charge in [0.15, 0.2) is 0 Å². The standard InChI is InChI=1S/C28H20F3N5O2/c1-17-8-9-18(15-32-17)26-16-33-24-11-10-23(14-25(24)36-26)38-22-7-3-6-21(13-22)35-27(37)34-20-5-2-4-19(12-20)28(29,30)31/h2-16H,1H3,(H2,34,35,37). The number of nitrogens with one attached hydrogen (secondary N) is 2.